The number of ether oxygens (including phenoxy) is 1. The molecule has 3 rings (SSSR count). The molecule has 2 N–H and O–H groups in total. The lowest BCUT2D eigenvalue weighted by atomic mass is 10.1. The summed E-state index contributed by atoms with van der Waals surface area (Å²) in [7, 11) is 0. The highest BCUT2D eigenvalue weighted by Gasteiger charge is 2.37. The molecule has 0 aliphatic carbocycles. The van der Waals surface area contributed by atoms with Crippen LogP contribution in [0.3, 0.4) is 0 Å². The zero-order valence-electron chi connectivity index (χ0n) is 19.7. The number of aryl methyl sites for hydroxylation is 2. The average Bonchev–Trinajstić information content (AvgIpc) is 3.13. The summed E-state index contributed by atoms with van der Waals surface area (Å²) in [5.74, 6) is -2.66. The number of nitrogens with zero attached hydrogens (tertiary/aromatic N) is 4. The molecule has 0 saturated carbocycles. The molecule has 2 heterocycles. The predicted molar refractivity (Wildman–Crippen MR) is 118 cm³/mol. The lowest BCUT2D eigenvalue weighted by molar-refractivity contribution is -0.144. The van der Waals surface area contributed by atoms with Crippen LogP contribution in [0.15, 0.2) is 18.2 Å². The fourth-order valence-electron chi connectivity index (χ4n) is 3.28. The van der Waals surface area contributed by atoms with Gasteiger partial charge in [-0.1, -0.05) is 0 Å². The minimum atomic E-state index is -4.72. The SMILES string of the molecule is Cc1nc2nc(C(F)(F)F)nn2c(C)c1CCC(=O)Nc1cc(F)ccc1NC(=O)OC(C)(C)C. The van der Waals surface area contributed by atoms with Crippen LogP contribution in [0, 0.1) is 19.7 Å². The first kappa shape index (κ1) is 25.8. The maximum Gasteiger partial charge on any atom is 0.453 e. The second kappa shape index (κ2) is 9.47. The summed E-state index contributed by atoms with van der Waals surface area (Å²) < 4.78 is 58.8. The molecule has 0 bridgehead atoms. The third kappa shape index (κ3) is 6.43. The third-order valence-electron chi connectivity index (χ3n) is 4.80. The van der Waals surface area contributed by atoms with Crippen molar-refractivity contribution in [1.29, 1.82) is 0 Å². The first-order valence-corrected chi connectivity index (χ1v) is 10.5. The van der Waals surface area contributed by atoms with Gasteiger partial charge in [0, 0.05) is 17.8 Å². The van der Waals surface area contributed by atoms with E-state index in [9.17, 15) is 27.2 Å². The summed E-state index contributed by atoms with van der Waals surface area (Å²) in [6.07, 6.45) is -5.48. The van der Waals surface area contributed by atoms with Gasteiger partial charge >= 0.3 is 12.3 Å². The zero-order chi connectivity index (χ0) is 26.1. The number of fused-ring (bicyclic) bond motifs is 1. The lowest BCUT2D eigenvalue weighted by Crippen LogP contribution is -2.27. The second-order valence-corrected chi connectivity index (χ2v) is 8.77. The molecule has 0 aliphatic heterocycles. The number of carbonyl (C=O) groups excluding carboxylic acids is 2. The smallest absolute Gasteiger partial charge is 0.444 e. The highest BCUT2D eigenvalue weighted by molar-refractivity contribution is 5.97. The molecule has 0 saturated heterocycles. The van der Waals surface area contributed by atoms with Gasteiger partial charge < -0.3 is 10.1 Å². The number of halogens is 4. The van der Waals surface area contributed by atoms with Gasteiger partial charge in [0.25, 0.3) is 11.6 Å². The molecule has 2 amide bonds. The van der Waals surface area contributed by atoms with Crippen LogP contribution in [0.1, 0.15) is 50.0 Å². The molecule has 35 heavy (non-hydrogen) atoms. The Kier molecular flexibility index (Phi) is 6.99. The Morgan fingerprint density at radius 2 is 1.74 bits per heavy atom. The van der Waals surface area contributed by atoms with E-state index in [0.29, 0.717) is 17.0 Å². The van der Waals surface area contributed by atoms with Gasteiger partial charge in [0.15, 0.2) is 0 Å². The number of aromatic nitrogens is 4. The van der Waals surface area contributed by atoms with Crippen molar-refractivity contribution < 1.29 is 31.9 Å². The van der Waals surface area contributed by atoms with Gasteiger partial charge in [-0.25, -0.2) is 18.7 Å². The molecule has 0 aliphatic rings. The van der Waals surface area contributed by atoms with Gasteiger partial charge in [0.1, 0.15) is 11.4 Å². The minimum Gasteiger partial charge on any atom is -0.444 e. The summed E-state index contributed by atoms with van der Waals surface area (Å²) in [6, 6.07) is 3.44. The van der Waals surface area contributed by atoms with Gasteiger partial charge in [-0.15, -0.1) is 5.10 Å². The maximum atomic E-state index is 13.8. The van der Waals surface area contributed by atoms with Crippen molar-refractivity contribution in [3.8, 4) is 0 Å². The van der Waals surface area contributed by atoms with Crippen molar-refractivity contribution in [3.63, 3.8) is 0 Å². The maximum absolute atomic E-state index is 13.8. The molecule has 2 aromatic heterocycles. The number of hydrogen-bond acceptors (Lipinski definition) is 6. The van der Waals surface area contributed by atoms with Gasteiger partial charge in [0.05, 0.1) is 11.4 Å². The minimum absolute atomic E-state index is 0.0222. The first-order valence-electron chi connectivity index (χ1n) is 10.5. The monoisotopic (exact) mass is 496 g/mol. The quantitative estimate of drug-likeness (QED) is 0.490. The largest absolute Gasteiger partial charge is 0.453 e. The van der Waals surface area contributed by atoms with E-state index in [1.807, 2.05) is 0 Å². The van der Waals surface area contributed by atoms with Crippen LogP contribution < -0.4 is 10.6 Å². The number of carbonyl (C=O) groups is 2. The number of amides is 2. The van der Waals surface area contributed by atoms with Crippen molar-refractivity contribution in [1.82, 2.24) is 19.6 Å². The standard InChI is InChI=1S/C22H24F4N6O3/c1-11-14(12(2)32-19(27-11)30-18(31-32)22(24,25)26)7-9-17(33)28-16-10-13(23)6-8-15(16)29-20(34)35-21(3,4)5/h6,8,10H,7,9H2,1-5H3,(H,28,33)(H,29,34). The molecular formula is C22H24F4N6O3. The van der Waals surface area contributed by atoms with Crippen molar-refractivity contribution in [2.24, 2.45) is 0 Å². The Bertz CT molecular complexity index is 1280. The van der Waals surface area contributed by atoms with Crippen LogP contribution in [0.5, 0.6) is 0 Å². The van der Waals surface area contributed by atoms with Crippen LogP contribution in [-0.4, -0.2) is 37.2 Å². The summed E-state index contributed by atoms with van der Waals surface area (Å²) in [5, 5.41) is 8.48. The highest BCUT2D eigenvalue weighted by atomic mass is 19.4. The van der Waals surface area contributed by atoms with E-state index in [4.69, 9.17) is 4.74 Å². The average molecular weight is 496 g/mol. The van der Waals surface area contributed by atoms with E-state index in [1.165, 1.54) is 6.07 Å². The third-order valence-corrected chi connectivity index (χ3v) is 4.80. The summed E-state index contributed by atoms with van der Waals surface area (Å²) in [4.78, 5) is 32.2. The Morgan fingerprint density at radius 1 is 1.06 bits per heavy atom. The van der Waals surface area contributed by atoms with E-state index < -0.39 is 35.4 Å². The Hall–Kier alpha value is -3.77. The normalized spacial score (nSPS) is 12.0. The Labute approximate surface area is 197 Å². The first-order chi connectivity index (χ1) is 16.1. The molecule has 1 aromatic carbocycles. The van der Waals surface area contributed by atoms with Crippen LogP contribution in [-0.2, 0) is 22.1 Å². The topological polar surface area (TPSA) is 111 Å². The molecule has 0 atom stereocenters. The van der Waals surface area contributed by atoms with Crippen molar-refractivity contribution >= 4 is 29.2 Å². The molecule has 13 heteroatoms. The summed E-state index contributed by atoms with van der Waals surface area (Å²) in [5.41, 5.74) is 0.685. The molecule has 0 radical (unpaired) electrons. The van der Waals surface area contributed by atoms with Crippen LogP contribution >= 0.6 is 0 Å². The second-order valence-electron chi connectivity index (χ2n) is 8.77. The van der Waals surface area contributed by atoms with Crippen LogP contribution in [0.4, 0.5) is 33.7 Å². The van der Waals surface area contributed by atoms with Crippen molar-refractivity contribution in [2.45, 2.75) is 59.2 Å². The Morgan fingerprint density at radius 3 is 2.37 bits per heavy atom. The summed E-state index contributed by atoms with van der Waals surface area (Å²) in [6.45, 7) is 8.19. The van der Waals surface area contributed by atoms with Gasteiger partial charge in [-0.05, 0) is 64.8 Å². The van der Waals surface area contributed by atoms with Crippen LogP contribution in [0.25, 0.3) is 5.78 Å². The molecule has 3 aromatic rings. The van der Waals surface area contributed by atoms with Crippen molar-refractivity contribution in [3.05, 3.63) is 46.8 Å². The summed E-state index contributed by atoms with van der Waals surface area (Å²) >= 11 is 0. The predicted octanol–water partition coefficient (Wildman–Crippen LogP) is 4.82. The fourth-order valence-corrected chi connectivity index (χ4v) is 3.28. The highest BCUT2D eigenvalue weighted by Crippen LogP contribution is 2.28. The molecule has 9 nitrogen and oxygen atoms in total. The zero-order valence-corrected chi connectivity index (χ0v) is 19.7. The van der Waals surface area contributed by atoms with Crippen LogP contribution in [0.2, 0.25) is 0 Å². The van der Waals surface area contributed by atoms with Gasteiger partial charge in [0.2, 0.25) is 5.91 Å². The van der Waals surface area contributed by atoms with E-state index >= 15 is 0 Å². The van der Waals surface area contributed by atoms with Crippen molar-refractivity contribution in [2.75, 3.05) is 10.6 Å². The lowest BCUT2D eigenvalue weighted by Gasteiger charge is -2.20. The number of alkyl halides is 3. The van der Waals surface area contributed by atoms with E-state index in [0.717, 1.165) is 16.6 Å². The van der Waals surface area contributed by atoms with E-state index in [2.05, 4.69) is 25.7 Å². The molecule has 0 fully saturated rings. The van der Waals surface area contributed by atoms with E-state index in [1.54, 1.807) is 34.6 Å². The molecule has 188 valence electrons. The molecular weight excluding hydrogens is 472 g/mol. The number of anilines is 2. The number of nitrogens with one attached hydrogen (secondary N) is 2. The Balaban J connectivity index is 1.75. The van der Waals surface area contributed by atoms with Gasteiger partial charge in [-0.3, -0.25) is 10.1 Å². The molecule has 0 spiro atoms. The number of benzene rings is 1. The fraction of sp³-hybridized carbons (Fsp3) is 0.409. The molecule has 0 unspecified atom stereocenters. The number of hydrogen-bond donors (Lipinski definition) is 2. The van der Waals surface area contributed by atoms with Gasteiger partial charge in [-0.2, -0.15) is 18.2 Å². The van der Waals surface area contributed by atoms with E-state index in [-0.39, 0.29) is 30.0 Å². The number of rotatable bonds is 5.